The summed E-state index contributed by atoms with van der Waals surface area (Å²) in [7, 11) is 1.72. The fourth-order valence-corrected chi connectivity index (χ4v) is 3.84. The number of nitrogens with zero attached hydrogens (tertiary/aromatic N) is 1. The summed E-state index contributed by atoms with van der Waals surface area (Å²) < 4.78 is 15.0. The Hall–Kier alpha value is -2.99. The predicted molar refractivity (Wildman–Crippen MR) is 112 cm³/mol. The molecule has 1 N–H and O–H groups in total. The van der Waals surface area contributed by atoms with Crippen molar-refractivity contribution < 1.29 is 9.18 Å². The molecule has 3 aromatic rings. The summed E-state index contributed by atoms with van der Waals surface area (Å²) in [6.45, 7) is 5.41. The van der Waals surface area contributed by atoms with Crippen molar-refractivity contribution in [2.24, 2.45) is 7.05 Å². The zero-order valence-electron chi connectivity index (χ0n) is 15.8. The molecular weight excluding hydrogens is 375 g/mol. The third-order valence-electron chi connectivity index (χ3n) is 4.50. The summed E-state index contributed by atoms with van der Waals surface area (Å²) >= 11 is 1.37. The largest absolute Gasteiger partial charge is 0.323 e. The standard InChI is InChI=1S/C22H21FN2O2S/c1-4-14-8-16(12-25(3)22(14)27)20-11-18(24-21(26)5-2)7-6-15(20)9-19-10-17(23)13-28-19/h5-8,10-13H,2,4,9H2,1,3H3,(H,24,26). The fourth-order valence-electron chi connectivity index (χ4n) is 3.09. The lowest BCUT2D eigenvalue weighted by atomic mass is 9.96. The molecule has 6 heteroatoms. The molecule has 3 rings (SSSR count). The molecule has 0 aliphatic rings. The quantitative estimate of drug-likeness (QED) is 0.623. The Morgan fingerprint density at radius 1 is 1.29 bits per heavy atom. The van der Waals surface area contributed by atoms with Gasteiger partial charge in [0.25, 0.3) is 5.56 Å². The van der Waals surface area contributed by atoms with Gasteiger partial charge in [0.2, 0.25) is 5.91 Å². The number of halogens is 1. The number of nitrogens with one attached hydrogen (secondary N) is 1. The van der Waals surface area contributed by atoms with E-state index >= 15 is 0 Å². The van der Waals surface area contributed by atoms with Crippen molar-refractivity contribution in [2.75, 3.05) is 5.32 Å². The second kappa shape index (κ2) is 8.35. The number of hydrogen-bond acceptors (Lipinski definition) is 3. The molecule has 28 heavy (non-hydrogen) atoms. The first-order chi connectivity index (χ1) is 13.4. The Morgan fingerprint density at radius 3 is 2.71 bits per heavy atom. The van der Waals surface area contributed by atoms with Gasteiger partial charge in [0, 0.05) is 41.2 Å². The molecule has 0 atom stereocenters. The van der Waals surface area contributed by atoms with Gasteiger partial charge in [-0.3, -0.25) is 9.59 Å². The van der Waals surface area contributed by atoms with Crippen LogP contribution < -0.4 is 10.9 Å². The second-order valence-electron chi connectivity index (χ2n) is 6.50. The number of thiophene rings is 1. The minimum Gasteiger partial charge on any atom is -0.323 e. The summed E-state index contributed by atoms with van der Waals surface area (Å²) in [5.41, 5.74) is 4.08. The van der Waals surface area contributed by atoms with Crippen LogP contribution in [0.3, 0.4) is 0 Å². The van der Waals surface area contributed by atoms with E-state index in [0.29, 0.717) is 24.1 Å². The highest BCUT2D eigenvalue weighted by Crippen LogP contribution is 2.30. The molecule has 4 nitrogen and oxygen atoms in total. The molecule has 0 radical (unpaired) electrons. The van der Waals surface area contributed by atoms with Crippen LogP contribution in [0.4, 0.5) is 10.1 Å². The molecule has 1 amide bonds. The van der Waals surface area contributed by atoms with E-state index in [4.69, 9.17) is 0 Å². The van der Waals surface area contributed by atoms with Gasteiger partial charge < -0.3 is 9.88 Å². The van der Waals surface area contributed by atoms with Crippen LogP contribution >= 0.6 is 11.3 Å². The van der Waals surface area contributed by atoms with Crippen LogP contribution in [0.1, 0.15) is 22.9 Å². The summed E-state index contributed by atoms with van der Waals surface area (Å²) in [6, 6.07) is 9.02. The van der Waals surface area contributed by atoms with Crippen molar-refractivity contribution >= 4 is 22.9 Å². The molecule has 0 saturated carbocycles. The van der Waals surface area contributed by atoms with Crippen molar-refractivity contribution in [3.8, 4) is 11.1 Å². The Labute approximate surface area is 167 Å². The number of carbonyl (C=O) groups is 1. The van der Waals surface area contributed by atoms with E-state index in [1.165, 1.54) is 28.9 Å². The molecule has 1 aromatic carbocycles. The summed E-state index contributed by atoms with van der Waals surface area (Å²) in [5, 5.41) is 4.25. The third-order valence-corrected chi connectivity index (χ3v) is 5.41. The smallest absolute Gasteiger partial charge is 0.253 e. The highest BCUT2D eigenvalue weighted by Gasteiger charge is 2.13. The van der Waals surface area contributed by atoms with Gasteiger partial charge in [0.05, 0.1) is 0 Å². The van der Waals surface area contributed by atoms with Gasteiger partial charge in [-0.05, 0) is 53.5 Å². The average molecular weight is 396 g/mol. The predicted octanol–water partition coefficient (Wildman–Crippen LogP) is 4.53. The number of hydrogen-bond donors (Lipinski definition) is 1. The van der Waals surface area contributed by atoms with Crippen molar-refractivity contribution in [3.05, 3.63) is 86.7 Å². The third kappa shape index (κ3) is 4.28. The number of pyridine rings is 1. The Kier molecular flexibility index (Phi) is 5.90. The molecule has 2 heterocycles. The first kappa shape index (κ1) is 19.8. The normalized spacial score (nSPS) is 10.7. The van der Waals surface area contributed by atoms with Crippen LogP contribution in [0.5, 0.6) is 0 Å². The average Bonchev–Trinajstić information content (AvgIpc) is 3.09. The zero-order valence-corrected chi connectivity index (χ0v) is 16.6. The van der Waals surface area contributed by atoms with E-state index in [9.17, 15) is 14.0 Å². The van der Waals surface area contributed by atoms with E-state index in [1.807, 2.05) is 31.2 Å². The highest BCUT2D eigenvalue weighted by atomic mass is 32.1. The first-order valence-electron chi connectivity index (χ1n) is 8.90. The number of amides is 1. The fraction of sp³-hybridized carbons (Fsp3) is 0.182. The van der Waals surface area contributed by atoms with Crippen molar-refractivity contribution in [1.82, 2.24) is 4.57 Å². The van der Waals surface area contributed by atoms with E-state index in [0.717, 1.165) is 21.6 Å². The first-order valence-corrected chi connectivity index (χ1v) is 9.78. The van der Waals surface area contributed by atoms with E-state index in [1.54, 1.807) is 17.8 Å². The van der Waals surface area contributed by atoms with Crippen LogP contribution in [-0.4, -0.2) is 10.5 Å². The van der Waals surface area contributed by atoms with Crippen molar-refractivity contribution in [2.45, 2.75) is 19.8 Å². The lowest BCUT2D eigenvalue weighted by molar-refractivity contribution is -0.111. The van der Waals surface area contributed by atoms with Crippen molar-refractivity contribution in [3.63, 3.8) is 0 Å². The molecule has 0 bridgehead atoms. The molecule has 2 aromatic heterocycles. The molecule has 0 aliphatic heterocycles. The van der Waals surface area contributed by atoms with Gasteiger partial charge in [-0.2, -0.15) is 0 Å². The van der Waals surface area contributed by atoms with Crippen LogP contribution in [0.25, 0.3) is 11.1 Å². The van der Waals surface area contributed by atoms with E-state index < -0.39 is 0 Å². The Morgan fingerprint density at radius 2 is 2.07 bits per heavy atom. The number of rotatable bonds is 6. The van der Waals surface area contributed by atoms with Gasteiger partial charge in [-0.25, -0.2) is 4.39 Å². The maximum absolute atomic E-state index is 13.4. The van der Waals surface area contributed by atoms with E-state index in [2.05, 4.69) is 11.9 Å². The van der Waals surface area contributed by atoms with Crippen LogP contribution in [0.15, 0.2) is 59.4 Å². The molecule has 0 fully saturated rings. The molecular formula is C22H21FN2O2S. The maximum Gasteiger partial charge on any atom is 0.253 e. The topological polar surface area (TPSA) is 51.1 Å². The number of aromatic nitrogens is 1. The molecule has 0 unspecified atom stereocenters. The van der Waals surface area contributed by atoms with Crippen LogP contribution in [0, 0.1) is 5.82 Å². The number of anilines is 1. The molecule has 144 valence electrons. The van der Waals surface area contributed by atoms with Gasteiger partial charge >= 0.3 is 0 Å². The molecule has 0 aliphatic carbocycles. The number of carbonyl (C=O) groups excluding carboxylic acids is 1. The summed E-state index contributed by atoms with van der Waals surface area (Å²) in [4.78, 5) is 24.9. The minimum absolute atomic E-state index is 0.0238. The monoisotopic (exact) mass is 396 g/mol. The van der Waals surface area contributed by atoms with Crippen molar-refractivity contribution in [1.29, 1.82) is 0 Å². The number of benzene rings is 1. The van der Waals surface area contributed by atoms with E-state index in [-0.39, 0.29) is 17.3 Å². The lowest BCUT2D eigenvalue weighted by Gasteiger charge is -2.14. The summed E-state index contributed by atoms with van der Waals surface area (Å²) in [6.07, 6.45) is 4.18. The van der Waals surface area contributed by atoms with Crippen LogP contribution in [0.2, 0.25) is 0 Å². The van der Waals surface area contributed by atoms with Crippen LogP contribution in [-0.2, 0) is 24.7 Å². The van der Waals surface area contributed by atoms with Gasteiger partial charge in [-0.1, -0.05) is 19.6 Å². The maximum atomic E-state index is 13.4. The number of aryl methyl sites for hydroxylation is 2. The van der Waals surface area contributed by atoms with Gasteiger partial charge in [0.15, 0.2) is 0 Å². The zero-order chi connectivity index (χ0) is 20.3. The minimum atomic E-state index is -0.297. The van der Waals surface area contributed by atoms with Gasteiger partial charge in [0.1, 0.15) is 5.82 Å². The lowest BCUT2D eigenvalue weighted by Crippen LogP contribution is -2.20. The van der Waals surface area contributed by atoms with Gasteiger partial charge in [-0.15, -0.1) is 11.3 Å². The summed E-state index contributed by atoms with van der Waals surface area (Å²) in [5.74, 6) is -0.541. The SMILES string of the molecule is C=CC(=O)Nc1ccc(Cc2cc(F)cs2)c(-c2cc(CC)c(=O)n(C)c2)c1. The Bertz CT molecular complexity index is 1100. The second-order valence-corrected chi connectivity index (χ2v) is 7.49. The molecule has 0 saturated heterocycles. The highest BCUT2D eigenvalue weighted by molar-refractivity contribution is 7.09. The molecule has 0 spiro atoms. The Balaban J connectivity index is 2.12.